The second kappa shape index (κ2) is 6.80. The van der Waals surface area contributed by atoms with Crippen molar-refractivity contribution in [3.63, 3.8) is 0 Å². The Morgan fingerprint density at radius 2 is 2.00 bits per heavy atom. The smallest absolute Gasteiger partial charge is 0.0650 e. The molecule has 2 heteroatoms. The van der Waals surface area contributed by atoms with Gasteiger partial charge in [-0.3, -0.25) is 0 Å². The van der Waals surface area contributed by atoms with Crippen LogP contribution < -0.4 is 0 Å². The SMILES string of the molecule is C=C/C=C(\C)CC1(CC(C)C)SCCCS1. The van der Waals surface area contributed by atoms with E-state index in [4.69, 9.17) is 0 Å². The van der Waals surface area contributed by atoms with Gasteiger partial charge in [0.1, 0.15) is 0 Å². The van der Waals surface area contributed by atoms with E-state index in [1.807, 2.05) is 6.08 Å². The minimum Gasteiger partial charge on any atom is -0.144 e. The molecule has 1 aliphatic rings. The van der Waals surface area contributed by atoms with E-state index >= 15 is 0 Å². The van der Waals surface area contributed by atoms with E-state index in [1.165, 1.54) is 36.3 Å². The number of hydrogen-bond acceptors (Lipinski definition) is 2. The van der Waals surface area contributed by atoms with E-state index < -0.39 is 0 Å². The molecule has 1 fully saturated rings. The Hall–Kier alpha value is 0.180. The van der Waals surface area contributed by atoms with Crippen molar-refractivity contribution in [1.82, 2.24) is 0 Å². The predicted octanol–water partition coefficient (Wildman–Crippen LogP) is 5.12. The van der Waals surface area contributed by atoms with Gasteiger partial charge >= 0.3 is 0 Å². The van der Waals surface area contributed by atoms with E-state index in [9.17, 15) is 0 Å². The highest BCUT2D eigenvalue weighted by Gasteiger charge is 2.34. The summed E-state index contributed by atoms with van der Waals surface area (Å²) in [7, 11) is 0. The molecule has 0 aliphatic carbocycles. The molecule has 92 valence electrons. The third-order valence-electron chi connectivity index (χ3n) is 2.69. The van der Waals surface area contributed by atoms with Crippen LogP contribution in [-0.4, -0.2) is 15.6 Å². The van der Waals surface area contributed by atoms with Crippen molar-refractivity contribution in [2.24, 2.45) is 5.92 Å². The molecule has 0 atom stereocenters. The van der Waals surface area contributed by atoms with Gasteiger partial charge in [0, 0.05) is 0 Å². The lowest BCUT2D eigenvalue weighted by Crippen LogP contribution is -2.27. The Kier molecular flexibility index (Phi) is 6.06. The standard InChI is InChI=1S/C14H24S2/c1-5-7-13(4)11-14(10-12(2)3)15-8-6-9-16-14/h5,7,12H,1,6,8-11H2,2-4H3/b13-7+. The van der Waals surface area contributed by atoms with E-state index in [0.717, 1.165) is 5.92 Å². The zero-order chi connectivity index (χ0) is 12.0. The minimum atomic E-state index is 0.440. The van der Waals surface area contributed by atoms with Gasteiger partial charge in [0.15, 0.2) is 0 Å². The quantitative estimate of drug-likeness (QED) is 0.626. The van der Waals surface area contributed by atoms with Gasteiger partial charge in [0.2, 0.25) is 0 Å². The first kappa shape index (κ1) is 14.2. The molecule has 0 N–H and O–H groups in total. The normalized spacial score (nSPS) is 21.1. The number of rotatable bonds is 5. The highest BCUT2D eigenvalue weighted by molar-refractivity contribution is 8.18. The van der Waals surface area contributed by atoms with Crippen molar-refractivity contribution < 1.29 is 0 Å². The first-order valence-electron chi connectivity index (χ1n) is 6.14. The molecule has 16 heavy (non-hydrogen) atoms. The first-order valence-corrected chi connectivity index (χ1v) is 8.11. The molecular weight excluding hydrogens is 232 g/mol. The fraction of sp³-hybridized carbons (Fsp3) is 0.714. The molecular formula is C14H24S2. The van der Waals surface area contributed by atoms with Crippen LogP contribution in [0.3, 0.4) is 0 Å². The first-order chi connectivity index (χ1) is 7.58. The van der Waals surface area contributed by atoms with Crippen molar-refractivity contribution in [3.05, 3.63) is 24.3 Å². The second-order valence-electron chi connectivity index (χ2n) is 4.98. The second-order valence-corrected chi connectivity index (χ2v) is 8.20. The lowest BCUT2D eigenvalue weighted by Gasteiger charge is -2.38. The zero-order valence-electron chi connectivity index (χ0n) is 10.8. The number of allylic oxidation sites excluding steroid dienone is 3. The van der Waals surface area contributed by atoms with Crippen molar-refractivity contribution in [2.75, 3.05) is 11.5 Å². The molecule has 1 saturated heterocycles. The molecule has 0 aromatic carbocycles. The maximum Gasteiger partial charge on any atom is 0.0650 e. The van der Waals surface area contributed by atoms with Crippen molar-refractivity contribution >= 4 is 23.5 Å². The van der Waals surface area contributed by atoms with Gasteiger partial charge in [0.25, 0.3) is 0 Å². The maximum absolute atomic E-state index is 3.79. The molecule has 0 radical (unpaired) electrons. The van der Waals surface area contributed by atoms with Crippen LogP contribution in [0.4, 0.5) is 0 Å². The van der Waals surface area contributed by atoms with Crippen LogP contribution in [-0.2, 0) is 0 Å². The van der Waals surface area contributed by atoms with Crippen LogP contribution >= 0.6 is 23.5 Å². The lowest BCUT2D eigenvalue weighted by atomic mass is 10.0. The molecule has 0 unspecified atom stereocenters. The molecule has 0 saturated carbocycles. The van der Waals surface area contributed by atoms with Crippen LogP contribution in [0.15, 0.2) is 24.3 Å². The van der Waals surface area contributed by atoms with E-state index in [2.05, 4.69) is 56.9 Å². The topological polar surface area (TPSA) is 0 Å². The van der Waals surface area contributed by atoms with Gasteiger partial charge in [-0.1, -0.05) is 38.2 Å². The molecule has 1 aliphatic heterocycles. The van der Waals surface area contributed by atoms with Gasteiger partial charge in [0.05, 0.1) is 4.08 Å². The van der Waals surface area contributed by atoms with Crippen LogP contribution in [0.25, 0.3) is 0 Å². The van der Waals surface area contributed by atoms with Crippen LogP contribution in [0.1, 0.15) is 40.0 Å². The molecule has 0 aromatic rings. The van der Waals surface area contributed by atoms with Gasteiger partial charge in [-0.25, -0.2) is 0 Å². The average molecular weight is 256 g/mol. The Balaban J connectivity index is 2.69. The molecule has 1 heterocycles. The third kappa shape index (κ3) is 4.58. The summed E-state index contributed by atoms with van der Waals surface area (Å²) in [4.78, 5) is 0. The zero-order valence-corrected chi connectivity index (χ0v) is 12.4. The third-order valence-corrected chi connectivity index (χ3v) is 6.06. The van der Waals surface area contributed by atoms with E-state index in [0.29, 0.717) is 4.08 Å². The summed E-state index contributed by atoms with van der Waals surface area (Å²) in [6.45, 7) is 10.7. The van der Waals surface area contributed by atoms with E-state index in [-0.39, 0.29) is 0 Å². The average Bonchev–Trinajstić information content (AvgIpc) is 2.17. The Morgan fingerprint density at radius 3 is 2.50 bits per heavy atom. The Labute approximate surface area is 109 Å². The monoisotopic (exact) mass is 256 g/mol. The molecule has 0 nitrogen and oxygen atoms in total. The summed E-state index contributed by atoms with van der Waals surface area (Å²) in [5, 5.41) is 0. The maximum atomic E-state index is 3.79. The summed E-state index contributed by atoms with van der Waals surface area (Å²) in [5.41, 5.74) is 1.47. The Morgan fingerprint density at radius 1 is 1.38 bits per heavy atom. The highest BCUT2D eigenvalue weighted by Crippen LogP contribution is 2.50. The fourth-order valence-electron chi connectivity index (χ4n) is 2.22. The summed E-state index contributed by atoms with van der Waals surface area (Å²) in [6.07, 6.45) is 7.99. The fourth-order valence-corrected chi connectivity index (χ4v) is 6.12. The lowest BCUT2D eigenvalue weighted by molar-refractivity contribution is 0.540. The summed E-state index contributed by atoms with van der Waals surface area (Å²) >= 11 is 4.36. The van der Waals surface area contributed by atoms with Crippen molar-refractivity contribution in [3.8, 4) is 0 Å². The molecule has 0 bridgehead atoms. The summed E-state index contributed by atoms with van der Waals surface area (Å²) in [6, 6.07) is 0. The minimum absolute atomic E-state index is 0.440. The van der Waals surface area contributed by atoms with Gasteiger partial charge < -0.3 is 0 Å². The summed E-state index contributed by atoms with van der Waals surface area (Å²) < 4.78 is 0.440. The Bertz CT molecular complexity index is 247. The largest absolute Gasteiger partial charge is 0.144 e. The van der Waals surface area contributed by atoms with Crippen molar-refractivity contribution in [2.45, 2.75) is 44.1 Å². The van der Waals surface area contributed by atoms with Gasteiger partial charge in [-0.2, -0.15) is 0 Å². The number of thioether (sulfide) groups is 2. The summed E-state index contributed by atoms with van der Waals surface area (Å²) in [5.74, 6) is 3.46. The van der Waals surface area contributed by atoms with Gasteiger partial charge in [-0.15, -0.1) is 23.5 Å². The molecule has 0 amide bonds. The highest BCUT2D eigenvalue weighted by atomic mass is 32.2. The van der Waals surface area contributed by atoms with Gasteiger partial charge in [-0.05, 0) is 43.6 Å². The van der Waals surface area contributed by atoms with Crippen LogP contribution in [0.2, 0.25) is 0 Å². The molecule has 0 spiro atoms. The molecule has 1 rings (SSSR count). The molecule has 0 aromatic heterocycles. The number of hydrogen-bond donors (Lipinski definition) is 0. The van der Waals surface area contributed by atoms with Crippen LogP contribution in [0.5, 0.6) is 0 Å². The van der Waals surface area contributed by atoms with Crippen molar-refractivity contribution in [1.29, 1.82) is 0 Å². The van der Waals surface area contributed by atoms with E-state index in [1.54, 1.807) is 0 Å². The van der Waals surface area contributed by atoms with Crippen LogP contribution in [0, 0.1) is 5.92 Å². The predicted molar refractivity (Wildman–Crippen MR) is 80.3 cm³/mol.